The zero-order valence-electron chi connectivity index (χ0n) is 10.8. The third-order valence-electron chi connectivity index (χ3n) is 3.67. The first-order valence-electron chi connectivity index (χ1n) is 6.79. The number of aromatic nitrogens is 3. The van der Waals surface area contributed by atoms with Gasteiger partial charge in [0.1, 0.15) is 11.3 Å². The van der Waals surface area contributed by atoms with Crippen LogP contribution in [0.1, 0.15) is 25.7 Å². The lowest BCUT2D eigenvalue weighted by atomic mass is 10.1. The largest absolute Gasteiger partial charge is 0.352 e. The molecule has 0 bridgehead atoms. The van der Waals surface area contributed by atoms with Gasteiger partial charge in [0, 0.05) is 30.9 Å². The molecule has 1 unspecified atom stereocenters. The summed E-state index contributed by atoms with van der Waals surface area (Å²) in [4.78, 5) is 15.5. The van der Waals surface area contributed by atoms with Crippen molar-refractivity contribution in [2.45, 2.75) is 31.7 Å². The van der Waals surface area contributed by atoms with E-state index in [1.807, 2.05) is 12.1 Å². The van der Waals surface area contributed by atoms with Crippen LogP contribution in [-0.2, 0) is 0 Å². The van der Waals surface area contributed by atoms with Gasteiger partial charge in [-0.15, -0.1) is 11.6 Å². The Bertz CT molecular complexity index is 560. The molecule has 3 heterocycles. The lowest BCUT2D eigenvalue weighted by Crippen LogP contribution is -2.36. The molecule has 0 amide bonds. The van der Waals surface area contributed by atoms with E-state index in [-0.39, 0.29) is 0 Å². The Morgan fingerprint density at radius 1 is 1.16 bits per heavy atom. The molecule has 5 heteroatoms. The van der Waals surface area contributed by atoms with Gasteiger partial charge in [0.25, 0.3) is 0 Å². The minimum atomic E-state index is 0.380. The van der Waals surface area contributed by atoms with E-state index in [4.69, 9.17) is 11.6 Å². The van der Waals surface area contributed by atoms with Gasteiger partial charge in [0.15, 0.2) is 5.65 Å². The third kappa shape index (κ3) is 2.63. The second kappa shape index (κ2) is 5.70. The molecule has 1 saturated heterocycles. The van der Waals surface area contributed by atoms with E-state index in [1.165, 1.54) is 19.3 Å². The summed E-state index contributed by atoms with van der Waals surface area (Å²) in [6.07, 6.45) is 8.24. The van der Waals surface area contributed by atoms with E-state index < -0.39 is 0 Å². The quantitative estimate of drug-likeness (QED) is 0.791. The highest BCUT2D eigenvalue weighted by atomic mass is 35.5. The molecule has 0 aromatic carbocycles. The van der Waals surface area contributed by atoms with Crippen LogP contribution in [0.3, 0.4) is 0 Å². The van der Waals surface area contributed by atoms with Crippen LogP contribution in [0.4, 0.5) is 5.82 Å². The third-order valence-corrected chi connectivity index (χ3v) is 4.02. The molecule has 2 aromatic heterocycles. The van der Waals surface area contributed by atoms with Crippen LogP contribution in [0.2, 0.25) is 0 Å². The van der Waals surface area contributed by atoms with Crippen LogP contribution in [0.15, 0.2) is 24.5 Å². The first-order chi connectivity index (χ1) is 9.38. The molecule has 3 rings (SSSR count). The Labute approximate surface area is 117 Å². The Hall–Kier alpha value is -1.42. The Kier molecular flexibility index (Phi) is 3.78. The molecule has 2 aromatic rings. The predicted molar refractivity (Wildman–Crippen MR) is 77.7 cm³/mol. The summed E-state index contributed by atoms with van der Waals surface area (Å²) in [5.74, 6) is 1.63. The molecule has 0 N–H and O–H groups in total. The van der Waals surface area contributed by atoms with Gasteiger partial charge in [-0.1, -0.05) is 12.8 Å². The highest BCUT2D eigenvalue weighted by Gasteiger charge is 2.21. The topological polar surface area (TPSA) is 41.9 Å². The van der Waals surface area contributed by atoms with Gasteiger partial charge >= 0.3 is 0 Å². The van der Waals surface area contributed by atoms with Gasteiger partial charge in [-0.2, -0.15) is 0 Å². The number of hydrogen-bond acceptors (Lipinski definition) is 4. The van der Waals surface area contributed by atoms with Crippen LogP contribution >= 0.6 is 11.6 Å². The SMILES string of the molecule is ClCC1CCCCCN1c1ccc2nccnc2n1. The number of pyridine rings is 1. The van der Waals surface area contributed by atoms with Crippen molar-refractivity contribution >= 4 is 28.6 Å². The van der Waals surface area contributed by atoms with Crippen molar-refractivity contribution in [1.29, 1.82) is 0 Å². The van der Waals surface area contributed by atoms with Crippen molar-refractivity contribution in [3.05, 3.63) is 24.5 Å². The molecule has 19 heavy (non-hydrogen) atoms. The standard InChI is InChI=1S/C14H17ClN4/c15-10-11-4-2-1-3-9-19(11)13-6-5-12-14(18-13)17-8-7-16-12/h5-8,11H,1-4,9-10H2. The number of anilines is 1. The van der Waals surface area contributed by atoms with Crippen LogP contribution in [0, 0.1) is 0 Å². The second-order valence-electron chi connectivity index (χ2n) is 4.92. The summed E-state index contributed by atoms with van der Waals surface area (Å²) in [6.45, 7) is 1.02. The fourth-order valence-electron chi connectivity index (χ4n) is 2.64. The average Bonchev–Trinajstić information content (AvgIpc) is 2.72. The molecular weight excluding hydrogens is 260 g/mol. The first-order valence-corrected chi connectivity index (χ1v) is 7.32. The summed E-state index contributed by atoms with van der Waals surface area (Å²) >= 11 is 6.12. The lowest BCUT2D eigenvalue weighted by Gasteiger charge is -2.29. The Morgan fingerprint density at radius 2 is 2.05 bits per heavy atom. The smallest absolute Gasteiger partial charge is 0.180 e. The molecule has 0 saturated carbocycles. The maximum atomic E-state index is 6.12. The van der Waals surface area contributed by atoms with Gasteiger partial charge in [-0.25, -0.2) is 9.97 Å². The molecule has 1 aliphatic rings. The molecule has 1 fully saturated rings. The maximum Gasteiger partial charge on any atom is 0.180 e. The molecule has 0 radical (unpaired) electrons. The number of nitrogens with zero attached hydrogens (tertiary/aromatic N) is 4. The molecule has 0 spiro atoms. The van der Waals surface area contributed by atoms with E-state index in [1.54, 1.807) is 12.4 Å². The minimum absolute atomic E-state index is 0.380. The molecule has 100 valence electrons. The highest BCUT2D eigenvalue weighted by molar-refractivity contribution is 6.18. The number of rotatable bonds is 2. The van der Waals surface area contributed by atoms with E-state index in [9.17, 15) is 0 Å². The Morgan fingerprint density at radius 3 is 2.95 bits per heavy atom. The van der Waals surface area contributed by atoms with Gasteiger partial charge in [-0.3, -0.25) is 4.98 Å². The molecule has 1 atom stereocenters. The predicted octanol–water partition coefficient (Wildman–Crippen LogP) is 3.01. The van der Waals surface area contributed by atoms with Gasteiger partial charge in [0.05, 0.1) is 0 Å². The molecule has 1 aliphatic heterocycles. The lowest BCUT2D eigenvalue weighted by molar-refractivity contribution is 0.616. The van der Waals surface area contributed by atoms with Gasteiger partial charge < -0.3 is 4.90 Å². The molecular formula is C14H17ClN4. The van der Waals surface area contributed by atoms with Crippen LogP contribution in [-0.4, -0.2) is 33.4 Å². The van der Waals surface area contributed by atoms with E-state index in [0.717, 1.165) is 24.3 Å². The van der Waals surface area contributed by atoms with Crippen molar-refractivity contribution in [3.8, 4) is 0 Å². The summed E-state index contributed by atoms with van der Waals surface area (Å²) in [6, 6.07) is 4.40. The first kappa shape index (κ1) is 12.6. The van der Waals surface area contributed by atoms with Gasteiger partial charge in [-0.05, 0) is 25.0 Å². The number of halogens is 1. The monoisotopic (exact) mass is 276 g/mol. The molecule has 0 aliphatic carbocycles. The summed E-state index contributed by atoms with van der Waals surface area (Å²) < 4.78 is 0. The normalized spacial score (nSPS) is 20.5. The van der Waals surface area contributed by atoms with Crippen molar-refractivity contribution in [3.63, 3.8) is 0 Å². The molecule has 4 nitrogen and oxygen atoms in total. The van der Waals surface area contributed by atoms with Crippen molar-refractivity contribution in [1.82, 2.24) is 15.0 Å². The number of hydrogen-bond donors (Lipinski definition) is 0. The van der Waals surface area contributed by atoms with E-state index in [0.29, 0.717) is 17.6 Å². The van der Waals surface area contributed by atoms with Crippen LogP contribution in [0.25, 0.3) is 11.2 Å². The van der Waals surface area contributed by atoms with Gasteiger partial charge in [0.2, 0.25) is 0 Å². The van der Waals surface area contributed by atoms with Crippen molar-refractivity contribution in [2.75, 3.05) is 17.3 Å². The van der Waals surface area contributed by atoms with Crippen molar-refractivity contribution < 1.29 is 0 Å². The Balaban J connectivity index is 1.96. The maximum absolute atomic E-state index is 6.12. The highest BCUT2D eigenvalue weighted by Crippen LogP contribution is 2.24. The summed E-state index contributed by atoms with van der Waals surface area (Å²) in [5.41, 5.74) is 1.54. The van der Waals surface area contributed by atoms with E-state index >= 15 is 0 Å². The van der Waals surface area contributed by atoms with Crippen molar-refractivity contribution in [2.24, 2.45) is 0 Å². The van der Waals surface area contributed by atoms with E-state index in [2.05, 4.69) is 19.9 Å². The summed E-state index contributed by atoms with van der Waals surface area (Å²) in [5, 5.41) is 0. The number of alkyl halides is 1. The minimum Gasteiger partial charge on any atom is -0.352 e. The average molecular weight is 277 g/mol. The summed E-state index contributed by atoms with van der Waals surface area (Å²) in [7, 11) is 0. The zero-order valence-corrected chi connectivity index (χ0v) is 11.6. The fraction of sp³-hybridized carbons (Fsp3) is 0.500. The second-order valence-corrected chi connectivity index (χ2v) is 5.23. The van der Waals surface area contributed by atoms with Crippen LogP contribution < -0.4 is 4.90 Å². The van der Waals surface area contributed by atoms with Crippen LogP contribution in [0.5, 0.6) is 0 Å². The fourth-order valence-corrected chi connectivity index (χ4v) is 2.96. The number of fused-ring (bicyclic) bond motifs is 1. The zero-order chi connectivity index (χ0) is 13.1.